The molecule has 1 aromatic carbocycles. The summed E-state index contributed by atoms with van der Waals surface area (Å²) >= 11 is 0. The fourth-order valence-electron chi connectivity index (χ4n) is 2.54. The SMILES string of the molecule is C#C.C/C=C\C(=C/CNC(=O)Cc1ccncc1)C(=N)c1cc(C(N)=O)ccc1N. The molecule has 6 N–H and O–H groups in total. The average molecular weight is 403 g/mol. The molecule has 0 aliphatic rings. The van der Waals surface area contributed by atoms with Crippen LogP contribution in [-0.4, -0.2) is 29.1 Å². The van der Waals surface area contributed by atoms with Gasteiger partial charge < -0.3 is 16.8 Å². The third kappa shape index (κ3) is 7.09. The van der Waals surface area contributed by atoms with Crippen LogP contribution in [0, 0.1) is 18.3 Å². The smallest absolute Gasteiger partial charge is 0.248 e. The summed E-state index contributed by atoms with van der Waals surface area (Å²) in [5.41, 5.74) is 13.9. The Labute approximate surface area is 176 Å². The molecule has 30 heavy (non-hydrogen) atoms. The zero-order chi connectivity index (χ0) is 22.5. The number of terminal acetylenes is 1. The highest BCUT2D eigenvalue weighted by atomic mass is 16.1. The van der Waals surface area contributed by atoms with Gasteiger partial charge in [-0.05, 0) is 48.4 Å². The lowest BCUT2D eigenvalue weighted by molar-refractivity contribution is -0.120. The molecule has 1 heterocycles. The molecule has 2 rings (SSSR count). The van der Waals surface area contributed by atoms with Crippen LogP contribution in [-0.2, 0) is 11.2 Å². The molecule has 0 radical (unpaired) electrons. The lowest BCUT2D eigenvalue weighted by Crippen LogP contribution is -2.25. The van der Waals surface area contributed by atoms with Crippen LogP contribution in [0.3, 0.4) is 0 Å². The number of amides is 2. The van der Waals surface area contributed by atoms with Gasteiger partial charge in [-0.15, -0.1) is 12.8 Å². The van der Waals surface area contributed by atoms with Crippen molar-refractivity contribution < 1.29 is 9.59 Å². The maximum absolute atomic E-state index is 12.1. The number of carbonyl (C=O) groups excluding carboxylic acids is 2. The van der Waals surface area contributed by atoms with E-state index in [0.29, 0.717) is 16.8 Å². The molecule has 154 valence electrons. The zero-order valence-corrected chi connectivity index (χ0v) is 16.8. The standard InChI is InChI=1S/C21H23N5O2.C2H2/c1-2-3-15(8-11-26-19(27)12-14-6-9-25-10-7-14)20(23)17-13-16(21(24)28)4-5-18(17)22;1-2/h2-10,13,23H,11-12,22H2,1H3,(H2,24,28)(H,26,27);1-2H/b3-2-,15-8+,23-20?;. The summed E-state index contributed by atoms with van der Waals surface area (Å²) in [6.07, 6.45) is 16.8. The number of anilines is 1. The molecular formula is C23H25N5O2. The molecule has 0 aliphatic heterocycles. The number of benzene rings is 1. The second-order valence-electron chi connectivity index (χ2n) is 6.04. The number of hydrogen-bond acceptors (Lipinski definition) is 5. The molecule has 0 unspecified atom stereocenters. The summed E-state index contributed by atoms with van der Waals surface area (Å²) in [7, 11) is 0. The molecule has 0 atom stereocenters. The summed E-state index contributed by atoms with van der Waals surface area (Å²) in [5, 5.41) is 11.3. The first kappa shape index (κ1) is 23.9. The van der Waals surface area contributed by atoms with Crippen LogP contribution in [0.5, 0.6) is 0 Å². The van der Waals surface area contributed by atoms with E-state index in [0.717, 1.165) is 5.56 Å². The third-order valence-corrected chi connectivity index (χ3v) is 3.98. The Bertz CT molecular complexity index is 976. The molecule has 0 fully saturated rings. The first-order valence-corrected chi connectivity index (χ1v) is 9.02. The molecule has 0 aliphatic carbocycles. The van der Waals surface area contributed by atoms with Crippen molar-refractivity contribution in [1.82, 2.24) is 10.3 Å². The summed E-state index contributed by atoms with van der Waals surface area (Å²) in [4.78, 5) is 27.4. The normalized spacial score (nSPS) is 10.7. The van der Waals surface area contributed by atoms with Crippen LogP contribution in [0.15, 0.2) is 66.5 Å². The lowest BCUT2D eigenvalue weighted by atomic mass is 9.98. The molecule has 0 bridgehead atoms. The van der Waals surface area contributed by atoms with Gasteiger partial charge in [-0.3, -0.25) is 20.0 Å². The number of nitrogens with zero attached hydrogens (tertiary/aromatic N) is 1. The van der Waals surface area contributed by atoms with Gasteiger partial charge in [0.2, 0.25) is 11.8 Å². The molecule has 0 saturated heterocycles. The van der Waals surface area contributed by atoms with Crippen molar-refractivity contribution >= 4 is 23.2 Å². The number of pyridine rings is 1. The lowest BCUT2D eigenvalue weighted by Gasteiger charge is -2.11. The highest BCUT2D eigenvalue weighted by Gasteiger charge is 2.12. The third-order valence-electron chi connectivity index (χ3n) is 3.98. The number of rotatable bonds is 8. The van der Waals surface area contributed by atoms with E-state index in [1.807, 2.05) is 6.92 Å². The van der Waals surface area contributed by atoms with Crippen molar-refractivity contribution in [1.29, 1.82) is 5.41 Å². The highest BCUT2D eigenvalue weighted by Crippen LogP contribution is 2.19. The fraction of sp³-hybridized carbons (Fsp3) is 0.130. The topological polar surface area (TPSA) is 135 Å². The van der Waals surface area contributed by atoms with Crippen molar-refractivity contribution in [2.45, 2.75) is 13.3 Å². The predicted molar refractivity (Wildman–Crippen MR) is 120 cm³/mol. The minimum absolute atomic E-state index is 0.135. The summed E-state index contributed by atoms with van der Waals surface area (Å²) in [6, 6.07) is 8.13. The zero-order valence-electron chi connectivity index (χ0n) is 16.8. The second kappa shape index (κ2) is 12.3. The van der Waals surface area contributed by atoms with Gasteiger partial charge >= 0.3 is 0 Å². The Morgan fingerprint density at radius 2 is 1.87 bits per heavy atom. The van der Waals surface area contributed by atoms with E-state index >= 15 is 0 Å². The fourth-order valence-corrected chi connectivity index (χ4v) is 2.54. The molecular weight excluding hydrogens is 378 g/mol. The number of nitrogens with one attached hydrogen (secondary N) is 2. The van der Waals surface area contributed by atoms with Gasteiger partial charge in [0.05, 0.1) is 12.1 Å². The van der Waals surface area contributed by atoms with Crippen LogP contribution in [0.4, 0.5) is 5.69 Å². The van der Waals surface area contributed by atoms with Crippen molar-refractivity contribution in [3.8, 4) is 12.8 Å². The van der Waals surface area contributed by atoms with E-state index in [9.17, 15) is 9.59 Å². The monoisotopic (exact) mass is 403 g/mol. The van der Waals surface area contributed by atoms with Crippen LogP contribution in [0.1, 0.15) is 28.4 Å². The maximum atomic E-state index is 12.1. The van der Waals surface area contributed by atoms with E-state index in [1.54, 1.807) is 48.8 Å². The minimum Gasteiger partial charge on any atom is -0.398 e. The van der Waals surface area contributed by atoms with Crippen molar-refractivity contribution in [3.05, 3.63) is 83.2 Å². The van der Waals surface area contributed by atoms with Crippen molar-refractivity contribution in [2.75, 3.05) is 12.3 Å². The Morgan fingerprint density at radius 3 is 2.47 bits per heavy atom. The van der Waals surface area contributed by atoms with Gasteiger partial charge in [0.25, 0.3) is 0 Å². The van der Waals surface area contributed by atoms with Gasteiger partial charge in [-0.25, -0.2) is 0 Å². The Kier molecular flexibility index (Phi) is 9.79. The van der Waals surface area contributed by atoms with Crippen LogP contribution in [0.25, 0.3) is 0 Å². The van der Waals surface area contributed by atoms with Gasteiger partial charge in [0, 0.05) is 35.8 Å². The Hall–Kier alpha value is -4.18. The van der Waals surface area contributed by atoms with Gasteiger partial charge in [-0.2, -0.15) is 0 Å². The van der Waals surface area contributed by atoms with Crippen LogP contribution < -0.4 is 16.8 Å². The molecule has 7 nitrogen and oxygen atoms in total. The minimum atomic E-state index is -0.589. The molecule has 2 amide bonds. The van der Waals surface area contributed by atoms with E-state index < -0.39 is 5.91 Å². The number of hydrogen-bond donors (Lipinski definition) is 4. The largest absolute Gasteiger partial charge is 0.398 e. The summed E-state index contributed by atoms with van der Waals surface area (Å²) < 4.78 is 0. The molecule has 1 aromatic heterocycles. The number of aromatic nitrogens is 1. The molecule has 2 aromatic rings. The number of nitrogens with two attached hydrogens (primary N) is 2. The first-order valence-electron chi connectivity index (χ1n) is 9.02. The van der Waals surface area contributed by atoms with Crippen molar-refractivity contribution in [3.63, 3.8) is 0 Å². The molecule has 7 heteroatoms. The number of nitrogen functional groups attached to an aromatic ring is 1. The average Bonchev–Trinajstić information content (AvgIpc) is 2.75. The number of carbonyl (C=O) groups is 2. The van der Waals surface area contributed by atoms with Gasteiger partial charge in [0.15, 0.2) is 0 Å². The number of allylic oxidation sites excluding steroid dienone is 3. The summed E-state index contributed by atoms with van der Waals surface area (Å²) in [6.45, 7) is 2.08. The highest BCUT2D eigenvalue weighted by molar-refractivity contribution is 6.16. The van der Waals surface area contributed by atoms with Crippen LogP contribution in [0.2, 0.25) is 0 Å². The Balaban J connectivity index is 0.00000218. The second-order valence-corrected chi connectivity index (χ2v) is 6.04. The van der Waals surface area contributed by atoms with Gasteiger partial charge in [0.1, 0.15) is 0 Å². The van der Waals surface area contributed by atoms with Gasteiger partial charge in [-0.1, -0.05) is 18.2 Å². The van der Waals surface area contributed by atoms with Crippen LogP contribution >= 0.6 is 0 Å². The molecule has 0 spiro atoms. The maximum Gasteiger partial charge on any atom is 0.248 e. The van der Waals surface area contributed by atoms with Crippen molar-refractivity contribution in [2.24, 2.45) is 5.73 Å². The Morgan fingerprint density at radius 1 is 1.20 bits per heavy atom. The van der Waals surface area contributed by atoms with E-state index in [4.69, 9.17) is 16.9 Å². The summed E-state index contributed by atoms with van der Waals surface area (Å²) in [5.74, 6) is -0.724. The van der Waals surface area contributed by atoms with E-state index in [2.05, 4.69) is 23.1 Å². The van der Waals surface area contributed by atoms with E-state index in [1.165, 1.54) is 12.1 Å². The van der Waals surface area contributed by atoms with E-state index in [-0.39, 0.29) is 30.1 Å². The number of primary amides is 1. The quantitative estimate of drug-likeness (QED) is 0.233. The first-order chi connectivity index (χ1) is 14.4. The molecule has 0 saturated carbocycles. The predicted octanol–water partition coefficient (Wildman–Crippen LogP) is 2.24.